The van der Waals surface area contributed by atoms with E-state index in [9.17, 15) is 34.4 Å². The van der Waals surface area contributed by atoms with Gasteiger partial charge in [-0.15, -0.1) is 0 Å². The van der Waals surface area contributed by atoms with Gasteiger partial charge in [0.1, 0.15) is 29.9 Å². The molecule has 37 heavy (non-hydrogen) atoms. The molecule has 0 bridgehead atoms. The van der Waals surface area contributed by atoms with Gasteiger partial charge >= 0.3 is 5.97 Å². The lowest BCUT2D eigenvalue weighted by molar-refractivity contribution is -0.271. The van der Waals surface area contributed by atoms with Gasteiger partial charge in [0, 0.05) is 7.05 Å². The number of hydrogen-bond acceptors (Lipinski definition) is 9. The number of carbonyl (C=O) groups is 2. The van der Waals surface area contributed by atoms with E-state index >= 15 is 0 Å². The zero-order chi connectivity index (χ0) is 26.9. The number of nitrogens with zero attached hydrogens (tertiary/aromatic N) is 1. The highest BCUT2D eigenvalue weighted by atomic mass is 19.1. The van der Waals surface area contributed by atoms with Crippen molar-refractivity contribution in [3.63, 3.8) is 0 Å². The Hall–Kier alpha value is -3.09. The Morgan fingerprint density at radius 3 is 2.32 bits per heavy atom. The summed E-state index contributed by atoms with van der Waals surface area (Å²) in [6.45, 7) is 0. The number of ether oxygens (including phenoxy) is 3. The third-order valence-corrected chi connectivity index (χ3v) is 6.95. The number of amides is 1. The van der Waals surface area contributed by atoms with Crippen LogP contribution in [-0.4, -0.2) is 82.1 Å². The molecule has 0 saturated carbocycles. The van der Waals surface area contributed by atoms with Gasteiger partial charge in [-0.1, -0.05) is 24.3 Å². The molecule has 3 unspecified atom stereocenters. The summed E-state index contributed by atoms with van der Waals surface area (Å²) in [5.41, 5.74) is 1.41. The van der Waals surface area contributed by atoms with Crippen LogP contribution in [0.5, 0.6) is 5.75 Å². The SMILES string of the molecule is COC(=O)[C@H]1O[C@@H](Oc2ccc([C@@H]3C(CC[C@H](O)c4ccc(F)cc4)C(=O)N3C)cc2)C(O)[C@@H](O)C1O. The summed E-state index contributed by atoms with van der Waals surface area (Å²) in [4.78, 5) is 26.0. The number of carbonyl (C=O) groups excluding carboxylic acids is 2. The molecule has 0 radical (unpaired) electrons. The average molecular weight is 520 g/mol. The van der Waals surface area contributed by atoms with Crippen LogP contribution < -0.4 is 4.74 Å². The molecular formula is C26H30FNO9. The summed E-state index contributed by atoms with van der Waals surface area (Å²) >= 11 is 0. The third-order valence-electron chi connectivity index (χ3n) is 6.95. The number of likely N-dealkylation sites (tertiary alicyclic amines) is 1. The van der Waals surface area contributed by atoms with E-state index in [2.05, 4.69) is 4.74 Å². The lowest BCUT2D eigenvalue weighted by Crippen LogP contribution is -2.61. The smallest absolute Gasteiger partial charge is 0.337 e. The number of benzene rings is 2. The van der Waals surface area contributed by atoms with E-state index in [0.29, 0.717) is 18.4 Å². The maximum absolute atomic E-state index is 13.1. The zero-order valence-corrected chi connectivity index (χ0v) is 20.3. The van der Waals surface area contributed by atoms with Crippen LogP contribution in [0, 0.1) is 11.7 Å². The van der Waals surface area contributed by atoms with Crippen LogP contribution in [0.1, 0.15) is 36.1 Å². The molecule has 2 aromatic carbocycles. The fraction of sp³-hybridized carbons (Fsp3) is 0.462. The summed E-state index contributed by atoms with van der Waals surface area (Å²) in [6.07, 6.45) is -8.03. The minimum Gasteiger partial charge on any atom is -0.467 e. The van der Waals surface area contributed by atoms with Gasteiger partial charge in [0.05, 0.1) is 25.2 Å². The standard InChI is InChI=1S/C26H30FNO9/c1-28-19(17(24(28)33)11-12-18(29)13-3-7-15(27)8-4-13)14-5-9-16(10-6-14)36-26-22(32)20(30)21(31)23(37-26)25(34)35-2/h3-10,17-23,26,29-32H,11-12H2,1-2H3/t17?,18-,19+,20-,21?,22?,23-,26+/m0/s1. The summed E-state index contributed by atoms with van der Waals surface area (Å²) in [5.74, 6) is -1.43. The first-order valence-corrected chi connectivity index (χ1v) is 11.9. The van der Waals surface area contributed by atoms with E-state index in [1.54, 1.807) is 36.2 Å². The zero-order valence-electron chi connectivity index (χ0n) is 20.3. The number of aliphatic hydroxyl groups excluding tert-OH is 4. The number of rotatable bonds is 8. The molecule has 10 nitrogen and oxygen atoms in total. The number of methoxy groups -OCH3 is 1. The van der Waals surface area contributed by atoms with Gasteiger partial charge in [-0.2, -0.15) is 0 Å². The monoisotopic (exact) mass is 519 g/mol. The maximum Gasteiger partial charge on any atom is 0.337 e. The molecule has 2 aliphatic heterocycles. The van der Waals surface area contributed by atoms with Crippen LogP contribution in [0.3, 0.4) is 0 Å². The molecule has 4 rings (SSSR count). The van der Waals surface area contributed by atoms with Gasteiger partial charge in [-0.25, -0.2) is 9.18 Å². The molecule has 200 valence electrons. The molecular weight excluding hydrogens is 489 g/mol. The van der Waals surface area contributed by atoms with Gasteiger partial charge < -0.3 is 39.5 Å². The Morgan fingerprint density at radius 1 is 1.05 bits per heavy atom. The van der Waals surface area contributed by atoms with Gasteiger partial charge in [-0.3, -0.25) is 4.79 Å². The Morgan fingerprint density at radius 2 is 1.70 bits per heavy atom. The van der Waals surface area contributed by atoms with E-state index in [1.165, 1.54) is 24.3 Å². The van der Waals surface area contributed by atoms with Crippen molar-refractivity contribution in [2.45, 2.75) is 55.7 Å². The lowest BCUT2D eigenvalue weighted by atomic mass is 9.79. The quantitative estimate of drug-likeness (QED) is 0.294. The van der Waals surface area contributed by atoms with E-state index < -0.39 is 42.8 Å². The summed E-state index contributed by atoms with van der Waals surface area (Å²) in [5, 5.41) is 40.8. The fourth-order valence-electron chi connectivity index (χ4n) is 4.78. The molecule has 2 aromatic rings. The van der Waals surface area contributed by atoms with Gasteiger partial charge in [0.25, 0.3) is 0 Å². The molecule has 1 amide bonds. The molecule has 2 saturated heterocycles. The molecule has 0 aromatic heterocycles. The normalized spacial score (nSPS) is 30.4. The molecule has 11 heteroatoms. The number of β-lactam (4-membered cyclic amide) rings is 1. The van der Waals surface area contributed by atoms with E-state index in [4.69, 9.17) is 9.47 Å². The van der Waals surface area contributed by atoms with Crippen molar-refractivity contribution in [2.24, 2.45) is 5.92 Å². The highest BCUT2D eigenvalue weighted by molar-refractivity contribution is 5.86. The van der Waals surface area contributed by atoms with E-state index in [0.717, 1.165) is 12.7 Å². The third kappa shape index (κ3) is 5.46. The predicted molar refractivity (Wildman–Crippen MR) is 125 cm³/mol. The molecule has 2 heterocycles. The summed E-state index contributed by atoms with van der Waals surface area (Å²) in [7, 11) is 2.79. The topological polar surface area (TPSA) is 146 Å². The van der Waals surface area contributed by atoms with Crippen LogP contribution in [0.4, 0.5) is 4.39 Å². The Labute approximate surface area is 212 Å². The molecule has 0 aliphatic carbocycles. The van der Waals surface area contributed by atoms with Crippen molar-refractivity contribution >= 4 is 11.9 Å². The Balaban J connectivity index is 1.39. The largest absolute Gasteiger partial charge is 0.467 e. The second-order valence-electron chi connectivity index (χ2n) is 9.25. The number of hydrogen-bond donors (Lipinski definition) is 4. The average Bonchev–Trinajstić information content (AvgIpc) is 2.91. The van der Waals surface area contributed by atoms with Crippen molar-refractivity contribution in [3.8, 4) is 5.75 Å². The first kappa shape index (κ1) is 27.0. The Kier molecular flexibility index (Phi) is 8.10. The van der Waals surface area contributed by atoms with Gasteiger partial charge in [-0.05, 0) is 48.2 Å². The molecule has 0 spiro atoms. The van der Waals surface area contributed by atoms with Crippen molar-refractivity contribution in [2.75, 3.05) is 14.2 Å². The van der Waals surface area contributed by atoms with Gasteiger partial charge in [0.15, 0.2) is 6.10 Å². The van der Waals surface area contributed by atoms with Crippen LogP contribution >= 0.6 is 0 Å². The second kappa shape index (κ2) is 11.1. The van der Waals surface area contributed by atoms with Crippen molar-refractivity contribution in [1.29, 1.82) is 0 Å². The van der Waals surface area contributed by atoms with Crippen molar-refractivity contribution in [3.05, 3.63) is 65.5 Å². The minimum absolute atomic E-state index is 0.0447. The highest BCUT2D eigenvalue weighted by Gasteiger charge is 2.49. The summed E-state index contributed by atoms with van der Waals surface area (Å²) in [6, 6.07) is 12.0. The summed E-state index contributed by atoms with van der Waals surface area (Å²) < 4.78 is 28.7. The van der Waals surface area contributed by atoms with Crippen LogP contribution in [-0.2, 0) is 19.1 Å². The first-order chi connectivity index (χ1) is 17.6. The van der Waals surface area contributed by atoms with Crippen LogP contribution in [0.15, 0.2) is 48.5 Å². The van der Waals surface area contributed by atoms with Crippen LogP contribution in [0.25, 0.3) is 0 Å². The van der Waals surface area contributed by atoms with Gasteiger partial charge in [0.2, 0.25) is 12.2 Å². The van der Waals surface area contributed by atoms with Crippen molar-refractivity contribution in [1.82, 2.24) is 4.90 Å². The number of halogens is 1. The number of esters is 1. The molecule has 2 fully saturated rings. The molecule has 4 N–H and O–H groups in total. The first-order valence-electron chi connectivity index (χ1n) is 11.9. The van der Waals surface area contributed by atoms with Crippen molar-refractivity contribution < 1.29 is 48.6 Å². The van der Waals surface area contributed by atoms with Crippen LogP contribution in [0.2, 0.25) is 0 Å². The molecule has 8 atom stereocenters. The molecule has 2 aliphatic rings. The second-order valence-corrected chi connectivity index (χ2v) is 9.25. The minimum atomic E-state index is -1.69. The fourth-order valence-corrected chi connectivity index (χ4v) is 4.78. The lowest BCUT2D eigenvalue weighted by Gasteiger charge is -2.45. The highest BCUT2D eigenvalue weighted by Crippen LogP contribution is 2.42. The predicted octanol–water partition coefficient (Wildman–Crippen LogP) is 0.828. The maximum atomic E-state index is 13.1. The Bertz CT molecular complexity index is 1100. The number of aliphatic hydroxyl groups is 4. The van der Waals surface area contributed by atoms with E-state index in [-0.39, 0.29) is 29.4 Å². The van der Waals surface area contributed by atoms with E-state index in [1.807, 2.05) is 0 Å².